The summed E-state index contributed by atoms with van der Waals surface area (Å²) in [6.07, 6.45) is 6.34. The minimum atomic E-state index is -0.992. The van der Waals surface area contributed by atoms with Gasteiger partial charge >= 0.3 is 5.97 Å². The molecular formula is C11H14N2O2S. The van der Waals surface area contributed by atoms with Gasteiger partial charge in [-0.1, -0.05) is 12.8 Å². The Balaban J connectivity index is 2.20. The number of anilines is 1. The van der Waals surface area contributed by atoms with Crippen molar-refractivity contribution in [3.05, 3.63) is 17.8 Å². The summed E-state index contributed by atoms with van der Waals surface area (Å²) in [5.74, 6) is -0.992. The highest BCUT2D eigenvalue weighted by Gasteiger charge is 2.20. The van der Waals surface area contributed by atoms with Crippen LogP contribution >= 0.6 is 11.8 Å². The van der Waals surface area contributed by atoms with Crippen molar-refractivity contribution in [2.75, 3.05) is 5.73 Å². The molecule has 1 heterocycles. The number of thioether (sulfide) groups is 1. The monoisotopic (exact) mass is 238 g/mol. The topological polar surface area (TPSA) is 76.2 Å². The molecule has 1 aliphatic rings. The second-order valence-electron chi connectivity index (χ2n) is 3.91. The number of carboxylic acids is 1. The first kappa shape index (κ1) is 11.3. The molecule has 0 amide bonds. The minimum Gasteiger partial charge on any atom is -0.478 e. The summed E-state index contributed by atoms with van der Waals surface area (Å²) in [6.45, 7) is 0. The Labute approximate surface area is 98.3 Å². The van der Waals surface area contributed by atoms with E-state index in [2.05, 4.69) is 4.98 Å². The van der Waals surface area contributed by atoms with Gasteiger partial charge in [0.05, 0.1) is 11.3 Å². The zero-order valence-corrected chi connectivity index (χ0v) is 9.67. The van der Waals surface area contributed by atoms with Crippen molar-refractivity contribution in [1.29, 1.82) is 0 Å². The highest BCUT2D eigenvalue weighted by atomic mass is 32.2. The smallest absolute Gasteiger partial charge is 0.337 e. The molecule has 16 heavy (non-hydrogen) atoms. The molecule has 2 rings (SSSR count). The number of carboxylic acid groups (broad SMARTS) is 1. The first-order valence-electron chi connectivity index (χ1n) is 5.33. The molecule has 1 aromatic rings. The molecule has 0 aliphatic heterocycles. The van der Waals surface area contributed by atoms with Crippen LogP contribution in [0.4, 0.5) is 5.69 Å². The normalized spacial score (nSPS) is 16.5. The van der Waals surface area contributed by atoms with Crippen LogP contribution in [0.5, 0.6) is 0 Å². The predicted molar refractivity (Wildman–Crippen MR) is 63.7 cm³/mol. The van der Waals surface area contributed by atoms with Crippen LogP contribution in [0.1, 0.15) is 36.0 Å². The van der Waals surface area contributed by atoms with Gasteiger partial charge in [-0.05, 0) is 18.9 Å². The molecular weight excluding hydrogens is 224 g/mol. The van der Waals surface area contributed by atoms with Gasteiger partial charge in [-0.3, -0.25) is 0 Å². The average Bonchev–Trinajstić information content (AvgIpc) is 2.73. The molecule has 86 valence electrons. The van der Waals surface area contributed by atoms with Crippen LogP contribution in [0, 0.1) is 0 Å². The fourth-order valence-corrected chi connectivity index (χ4v) is 3.14. The Morgan fingerprint density at radius 3 is 2.81 bits per heavy atom. The second kappa shape index (κ2) is 4.74. The molecule has 0 saturated heterocycles. The number of nitrogens with two attached hydrogens (primary N) is 1. The summed E-state index contributed by atoms with van der Waals surface area (Å²) in [6, 6.07) is 1.44. The van der Waals surface area contributed by atoms with Crippen LogP contribution in [0.2, 0.25) is 0 Å². The summed E-state index contributed by atoms with van der Waals surface area (Å²) in [4.78, 5) is 15.1. The third-order valence-corrected chi connectivity index (χ3v) is 4.12. The lowest BCUT2D eigenvalue weighted by molar-refractivity contribution is 0.0697. The first-order valence-corrected chi connectivity index (χ1v) is 6.21. The summed E-state index contributed by atoms with van der Waals surface area (Å²) in [7, 11) is 0. The van der Waals surface area contributed by atoms with Gasteiger partial charge < -0.3 is 10.8 Å². The SMILES string of the molecule is Nc1c(C(=O)O)ccnc1SC1CCCC1. The van der Waals surface area contributed by atoms with Crippen molar-refractivity contribution in [2.24, 2.45) is 0 Å². The molecule has 3 N–H and O–H groups in total. The molecule has 1 aromatic heterocycles. The summed E-state index contributed by atoms with van der Waals surface area (Å²) in [5.41, 5.74) is 6.24. The molecule has 1 saturated carbocycles. The second-order valence-corrected chi connectivity index (χ2v) is 5.20. The number of rotatable bonds is 3. The van der Waals surface area contributed by atoms with E-state index >= 15 is 0 Å². The van der Waals surface area contributed by atoms with Crippen LogP contribution in [0.3, 0.4) is 0 Å². The van der Waals surface area contributed by atoms with Crippen LogP contribution in [0.15, 0.2) is 17.3 Å². The fourth-order valence-electron chi connectivity index (χ4n) is 1.90. The number of nitrogens with zero attached hydrogens (tertiary/aromatic N) is 1. The maximum absolute atomic E-state index is 10.9. The molecule has 0 unspecified atom stereocenters. The Hall–Kier alpha value is -1.23. The molecule has 0 aromatic carbocycles. The third-order valence-electron chi connectivity index (χ3n) is 2.76. The van der Waals surface area contributed by atoms with Gasteiger partial charge in [0.25, 0.3) is 0 Å². The summed E-state index contributed by atoms with van der Waals surface area (Å²) >= 11 is 1.61. The minimum absolute atomic E-state index is 0.149. The molecule has 0 radical (unpaired) electrons. The van der Waals surface area contributed by atoms with Gasteiger partial charge in [-0.15, -0.1) is 11.8 Å². The number of nitrogen functional groups attached to an aromatic ring is 1. The van der Waals surface area contributed by atoms with Crippen molar-refractivity contribution in [3.8, 4) is 0 Å². The largest absolute Gasteiger partial charge is 0.478 e. The standard InChI is InChI=1S/C11H14N2O2S/c12-9-8(11(14)15)5-6-13-10(9)16-7-3-1-2-4-7/h5-7H,1-4,12H2,(H,14,15). The molecule has 4 nitrogen and oxygen atoms in total. The molecule has 1 fully saturated rings. The fraction of sp³-hybridized carbons (Fsp3) is 0.455. The highest BCUT2D eigenvalue weighted by molar-refractivity contribution is 8.00. The third kappa shape index (κ3) is 2.29. The highest BCUT2D eigenvalue weighted by Crippen LogP contribution is 2.36. The van der Waals surface area contributed by atoms with Gasteiger partial charge in [0.2, 0.25) is 0 Å². The van der Waals surface area contributed by atoms with Crippen molar-refractivity contribution in [1.82, 2.24) is 4.98 Å². The van der Waals surface area contributed by atoms with Crippen LogP contribution < -0.4 is 5.73 Å². The van der Waals surface area contributed by atoms with Crippen molar-refractivity contribution in [2.45, 2.75) is 36.0 Å². The van der Waals surface area contributed by atoms with E-state index in [1.165, 1.54) is 37.9 Å². The van der Waals surface area contributed by atoms with Gasteiger partial charge in [0.1, 0.15) is 5.03 Å². The Kier molecular flexibility index (Phi) is 3.33. The lowest BCUT2D eigenvalue weighted by Crippen LogP contribution is -2.06. The molecule has 0 spiro atoms. The van der Waals surface area contributed by atoms with Gasteiger partial charge in [-0.25, -0.2) is 9.78 Å². The Morgan fingerprint density at radius 1 is 1.50 bits per heavy atom. The number of aromatic nitrogens is 1. The van der Waals surface area contributed by atoms with E-state index in [0.717, 1.165) is 0 Å². The lowest BCUT2D eigenvalue weighted by Gasteiger charge is -2.10. The summed E-state index contributed by atoms with van der Waals surface area (Å²) < 4.78 is 0. The zero-order chi connectivity index (χ0) is 11.5. The number of carbonyl (C=O) groups is 1. The van der Waals surface area contributed by atoms with Gasteiger partial charge in [0.15, 0.2) is 0 Å². The van der Waals surface area contributed by atoms with Crippen molar-refractivity contribution in [3.63, 3.8) is 0 Å². The Bertz CT molecular complexity index is 403. The van der Waals surface area contributed by atoms with E-state index in [1.807, 2.05) is 0 Å². The van der Waals surface area contributed by atoms with E-state index < -0.39 is 5.97 Å². The first-order chi connectivity index (χ1) is 7.68. The van der Waals surface area contributed by atoms with Crippen LogP contribution in [0.25, 0.3) is 0 Å². The maximum Gasteiger partial charge on any atom is 0.337 e. The van der Waals surface area contributed by atoms with E-state index in [1.54, 1.807) is 11.8 Å². The zero-order valence-electron chi connectivity index (χ0n) is 8.85. The van der Waals surface area contributed by atoms with Crippen molar-refractivity contribution < 1.29 is 9.90 Å². The van der Waals surface area contributed by atoms with E-state index in [-0.39, 0.29) is 5.56 Å². The van der Waals surface area contributed by atoms with Gasteiger partial charge in [0, 0.05) is 11.4 Å². The van der Waals surface area contributed by atoms with E-state index in [4.69, 9.17) is 10.8 Å². The quantitative estimate of drug-likeness (QED) is 0.845. The van der Waals surface area contributed by atoms with Crippen molar-refractivity contribution >= 4 is 23.4 Å². The number of hydrogen-bond acceptors (Lipinski definition) is 4. The Morgan fingerprint density at radius 2 is 2.19 bits per heavy atom. The predicted octanol–water partition coefficient (Wildman–Crippen LogP) is 2.40. The average molecular weight is 238 g/mol. The molecule has 0 bridgehead atoms. The lowest BCUT2D eigenvalue weighted by atomic mass is 10.2. The molecule has 1 aliphatic carbocycles. The van der Waals surface area contributed by atoms with E-state index in [9.17, 15) is 4.79 Å². The van der Waals surface area contributed by atoms with Gasteiger partial charge in [-0.2, -0.15) is 0 Å². The van der Waals surface area contributed by atoms with Crippen LogP contribution in [-0.2, 0) is 0 Å². The number of aromatic carboxylic acids is 1. The summed E-state index contributed by atoms with van der Waals surface area (Å²) in [5, 5.41) is 10.1. The molecule has 5 heteroatoms. The van der Waals surface area contributed by atoms with E-state index in [0.29, 0.717) is 16.0 Å². The maximum atomic E-state index is 10.9. The van der Waals surface area contributed by atoms with Crippen LogP contribution in [-0.4, -0.2) is 21.3 Å². The molecule has 0 atom stereocenters. The number of hydrogen-bond donors (Lipinski definition) is 2. The number of pyridine rings is 1.